The Morgan fingerprint density at radius 3 is 2.67 bits per heavy atom. The van der Waals surface area contributed by atoms with Gasteiger partial charge in [0.1, 0.15) is 0 Å². The zero-order valence-corrected chi connectivity index (χ0v) is 11.0. The van der Waals surface area contributed by atoms with Crippen LogP contribution < -0.4 is 14.8 Å². The van der Waals surface area contributed by atoms with Gasteiger partial charge in [-0.05, 0) is 37.1 Å². The lowest BCUT2D eigenvalue weighted by Crippen LogP contribution is -2.47. The molecule has 2 N–H and O–H groups in total. The van der Waals surface area contributed by atoms with E-state index in [1.54, 1.807) is 14.2 Å². The summed E-state index contributed by atoms with van der Waals surface area (Å²) in [6.07, 6.45) is 2.50. The summed E-state index contributed by atoms with van der Waals surface area (Å²) >= 11 is 0. The Labute approximate surface area is 108 Å². The minimum absolute atomic E-state index is 0.639. The van der Waals surface area contributed by atoms with Gasteiger partial charge in [0, 0.05) is 13.0 Å². The molecule has 1 saturated heterocycles. The van der Waals surface area contributed by atoms with Crippen molar-refractivity contribution >= 4 is 0 Å². The van der Waals surface area contributed by atoms with E-state index in [9.17, 15) is 5.11 Å². The maximum Gasteiger partial charge on any atom is 0.160 e. The van der Waals surface area contributed by atoms with Crippen LogP contribution in [0, 0.1) is 0 Å². The number of ether oxygens (including phenoxy) is 2. The van der Waals surface area contributed by atoms with Crippen molar-refractivity contribution in [3.63, 3.8) is 0 Å². The van der Waals surface area contributed by atoms with Gasteiger partial charge in [-0.25, -0.2) is 0 Å². The van der Waals surface area contributed by atoms with E-state index in [1.807, 2.05) is 18.2 Å². The highest BCUT2D eigenvalue weighted by molar-refractivity contribution is 5.43. The zero-order chi connectivity index (χ0) is 13.0. The Morgan fingerprint density at radius 1 is 1.28 bits per heavy atom. The molecule has 2 rings (SSSR count). The van der Waals surface area contributed by atoms with Gasteiger partial charge in [0.05, 0.1) is 19.8 Å². The number of rotatable bonds is 4. The van der Waals surface area contributed by atoms with E-state index in [-0.39, 0.29) is 0 Å². The van der Waals surface area contributed by atoms with Crippen LogP contribution >= 0.6 is 0 Å². The van der Waals surface area contributed by atoms with Gasteiger partial charge in [0.25, 0.3) is 0 Å². The fourth-order valence-electron chi connectivity index (χ4n) is 2.47. The van der Waals surface area contributed by atoms with Crippen LogP contribution in [0.2, 0.25) is 0 Å². The summed E-state index contributed by atoms with van der Waals surface area (Å²) in [4.78, 5) is 0. The highest BCUT2D eigenvalue weighted by atomic mass is 16.5. The molecule has 18 heavy (non-hydrogen) atoms. The monoisotopic (exact) mass is 251 g/mol. The van der Waals surface area contributed by atoms with Crippen LogP contribution in [-0.2, 0) is 6.42 Å². The summed E-state index contributed by atoms with van der Waals surface area (Å²) in [5, 5.41) is 13.7. The van der Waals surface area contributed by atoms with Crippen molar-refractivity contribution in [2.24, 2.45) is 0 Å². The Hall–Kier alpha value is -1.26. The molecule has 1 unspecified atom stereocenters. The predicted molar refractivity (Wildman–Crippen MR) is 70.3 cm³/mol. The fourth-order valence-corrected chi connectivity index (χ4v) is 2.47. The van der Waals surface area contributed by atoms with Gasteiger partial charge >= 0.3 is 0 Å². The second-order valence-electron chi connectivity index (χ2n) is 4.87. The van der Waals surface area contributed by atoms with Crippen molar-refractivity contribution in [1.82, 2.24) is 5.32 Å². The molecular weight excluding hydrogens is 230 g/mol. The predicted octanol–water partition coefficient (Wildman–Crippen LogP) is 1.36. The van der Waals surface area contributed by atoms with Gasteiger partial charge in [-0.2, -0.15) is 0 Å². The van der Waals surface area contributed by atoms with Crippen LogP contribution in [0.15, 0.2) is 18.2 Å². The van der Waals surface area contributed by atoms with Gasteiger partial charge in [0.15, 0.2) is 11.5 Å². The normalized spacial score (nSPS) is 23.7. The molecule has 1 atom stereocenters. The van der Waals surface area contributed by atoms with E-state index in [4.69, 9.17) is 9.47 Å². The molecule has 1 aliphatic rings. The minimum Gasteiger partial charge on any atom is -0.493 e. The van der Waals surface area contributed by atoms with Crippen molar-refractivity contribution in [3.8, 4) is 11.5 Å². The smallest absolute Gasteiger partial charge is 0.160 e. The number of β-amino-alcohol motifs (C(OH)–C–C–N with tert-alkyl or cyclic N) is 1. The van der Waals surface area contributed by atoms with E-state index in [0.29, 0.717) is 18.7 Å². The van der Waals surface area contributed by atoms with Crippen molar-refractivity contribution < 1.29 is 14.6 Å². The molecule has 1 fully saturated rings. The van der Waals surface area contributed by atoms with Crippen LogP contribution in [0.1, 0.15) is 18.4 Å². The van der Waals surface area contributed by atoms with Crippen molar-refractivity contribution in [2.75, 3.05) is 27.3 Å². The van der Waals surface area contributed by atoms with Crippen molar-refractivity contribution in [2.45, 2.75) is 24.9 Å². The average molecular weight is 251 g/mol. The number of nitrogens with one attached hydrogen (secondary N) is 1. The summed E-state index contributed by atoms with van der Waals surface area (Å²) in [5.41, 5.74) is 0.427. The van der Waals surface area contributed by atoms with Gasteiger partial charge in [-0.3, -0.25) is 0 Å². The summed E-state index contributed by atoms with van der Waals surface area (Å²) in [6.45, 7) is 1.65. The number of benzene rings is 1. The van der Waals surface area contributed by atoms with E-state index in [2.05, 4.69) is 5.32 Å². The van der Waals surface area contributed by atoms with Gasteiger partial charge in [-0.1, -0.05) is 6.07 Å². The minimum atomic E-state index is -0.641. The molecule has 1 heterocycles. The Bertz CT molecular complexity index is 400. The third kappa shape index (κ3) is 2.94. The fraction of sp³-hybridized carbons (Fsp3) is 0.571. The second-order valence-corrected chi connectivity index (χ2v) is 4.87. The molecular formula is C14H21NO3. The van der Waals surface area contributed by atoms with Gasteiger partial charge < -0.3 is 19.9 Å². The van der Waals surface area contributed by atoms with Crippen LogP contribution in [-0.4, -0.2) is 38.0 Å². The van der Waals surface area contributed by atoms with E-state index in [1.165, 1.54) is 0 Å². The first kappa shape index (κ1) is 13.2. The molecule has 0 bridgehead atoms. The van der Waals surface area contributed by atoms with Crippen molar-refractivity contribution in [3.05, 3.63) is 23.8 Å². The first-order chi connectivity index (χ1) is 8.67. The highest BCUT2D eigenvalue weighted by Gasteiger charge is 2.29. The zero-order valence-electron chi connectivity index (χ0n) is 11.0. The first-order valence-corrected chi connectivity index (χ1v) is 6.31. The molecule has 4 nitrogen and oxygen atoms in total. The van der Waals surface area contributed by atoms with Crippen molar-refractivity contribution in [1.29, 1.82) is 0 Å². The van der Waals surface area contributed by atoms with Crippen LogP contribution in [0.3, 0.4) is 0 Å². The number of hydrogen-bond acceptors (Lipinski definition) is 4. The van der Waals surface area contributed by atoms with Crippen LogP contribution in [0.4, 0.5) is 0 Å². The molecule has 0 saturated carbocycles. The maximum absolute atomic E-state index is 10.5. The topological polar surface area (TPSA) is 50.7 Å². The highest BCUT2D eigenvalue weighted by Crippen LogP contribution is 2.30. The van der Waals surface area contributed by atoms with Gasteiger partial charge in [0.2, 0.25) is 0 Å². The first-order valence-electron chi connectivity index (χ1n) is 6.31. The molecule has 0 spiro atoms. The second kappa shape index (κ2) is 5.59. The maximum atomic E-state index is 10.5. The quantitative estimate of drug-likeness (QED) is 0.848. The summed E-state index contributed by atoms with van der Waals surface area (Å²) in [7, 11) is 3.24. The van der Waals surface area contributed by atoms with E-state index in [0.717, 1.165) is 30.7 Å². The number of methoxy groups -OCH3 is 2. The Kier molecular flexibility index (Phi) is 4.09. The van der Waals surface area contributed by atoms with Gasteiger partial charge in [-0.15, -0.1) is 0 Å². The molecule has 4 heteroatoms. The number of aliphatic hydroxyl groups is 1. The van der Waals surface area contributed by atoms with Crippen LogP contribution in [0.25, 0.3) is 0 Å². The van der Waals surface area contributed by atoms with E-state index >= 15 is 0 Å². The number of hydrogen-bond donors (Lipinski definition) is 2. The largest absolute Gasteiger partial charge is 0.493 e. The molecule has 0 aromatic heterocycles. The third-order valence-electron chi connectivity index (χ3n) is 3.43. The van der Waals surface area contributed by atoms with E-state index < -0.39 is 5.60 Å². The third-order valence-corrected chi connectivity index (χ3v) is 3.43. The van der Waals surface area contributed by atoms with Crippen LogP contribution in [0.5, 0.6) is 11.5 Å². The average Bonchev–Trinajstić information content (AvgIpc) is 2.39. The molecule has 0 aliphatic carbocycles. The summed E-state index contributed by atoms with van der Waals surface area (Å²) < 4.78 is 10.5. The number of piperidine rings is 1. The summed E-state index contributed by atoms with van der Waals surface area (Å²) in [6, 6.07) is 5.80. The lowest BCUT2D eigenvalue weighted by atomic mass is 9.87. The molecule has 0 radical (unpaired) electrons. The Morgan fingerprint density at radius 2 is 2.06 bits per heavy atom. The molecule has 0 amide bonds. The molecule has 100 valence electrons. The summed E-state index contributed by atoms with van der Waals surface area (Å²) in [5.74, 6) is 1.43. The lowest BCUT2D eigenvalue weighted by Gasteiger charge is -2.32. The standard InChI is InChI=1S/C14H21NO3/c1-17-12-5-4-11(8-13(12)18-2)9-14(16)6-3-7-15-10-14/h4-5,8,15-16H,3,6-7,9-10H2,1-2H3. The lowest BCUT2D eigenvalue weighted by molar-refractivity contribution is 0.0169. The molecule has 1 aliphatic heterocycles. The SMILES string of the molecule is COc1ccc(CC2(O)CCCNC2)cc1OC. The Balaban J connectivity index is 2.13. The molecule has 1 aromatic rings. The molecule has 1 aromatic carbocycles.